The molecule has 0 fully saturated rings. The molecule has 0 radical (unpaired) electrons. The summed E-state index contributed by atoms with van der Waals surface area (Å²) in [6, 6.07) is 7.18. The first-order valence-electron chi connectivity index (χ1n) is 6.57. The molecule has 0 aromatic heterocycles. The van der Waals surface area contributed by atoms with Crippen LogP contribution in [0, 0.1) is 6.92 Å². The standard InChI is InChI=1S/C15H22N2O3/c1-11-5-7-12(8-6-11)16-14(20)17(15(2,3)4)10-9-13(18)19/h5-8H,9-10H2,1-4H3,(H,16,20)(H,18,19). The smallest absolute Gasteiger partial charge is 0.322 e. The van der Waals surface area contributed by atoms with Gasteiger partial charge >= 0.3 is 12.0 Å². The second-order valence-corrected chi connectivity index (χ2v) is 5.76. The molecule has 0 atom stereocenters. The molecule has 1 aromatic carbocycles. The molecule has 1 rings (SSSR count). The Morgan fingerprint density at radius 1 is 1.20 bits per heavy atom. The zero-order valence-electron chi connectivity index (χ0n) is 12.4. The van der Waals surface area contributed by atoms with Gasteiger partial charge in [0, 0.05) is 17.8 Å². The minimum Gasteiger partial charge on any atom is -0.481 e. The molecule has 20 heavy (non-hydrogen) atoms. The van der Waals surface area contributed by atoms with Crippen molar-refractivity contribution < 1.29 is 14.7 Å². The number of hydrogen-bond acceptors (Lipinski definition) is 2. The number of carbonyl (C=O) groups is 2. The van der Waals surface area contributed by atoms with E-state index in [1.54, 1.807) is 0 Å². The molecule has 0 aliphatic heterocycles. The van der Waals surface area contributed by atoms with E-state index < -0.39 is 11.5 Å². The Hall–Kier alpha value is -2.04. The monoisotopic (exact) mass is 278 g/mol. The number of amides is 2. The van der Waals surface area contributed by atoms with Crippen molar-refractivity contribution in [1.82, 2.24) is 4.90 Å². The van der Waals surface area contributed by atoms with Crippen molar-refractivity contribution in [2.24, 2.45) is 0 Å². The summed E-state index contributed by atoms with van der Waals surface area (Å²) in [4.78, 5) is 24.5. The number of carboxylic acid groups (broad SMARTS) is 1. The Morgan fingerprint density at radius 3 is 2.20 bits per heavy atom. The number of hydrogen-bond donors (Lipinski definition) is 2. The SMILES string of the molecule is Cc1ccc(NC(=O)N(CCC(=O)O)C(C)(C)C)cc1. The summed E-state index contributed by atoms with van der Waals surface area (Å²) in [5, 5.41) is 11.6. The van der Waals surface area contributed by atoms with Crippen LogP contribution in [0.2, 0.25) is 0 Å². The molecule has 0 saturated heterocycles. The minimum atomic E-state index is -0.914. The Kier molecular flexibility index (Phi) is 5.13. The van der Waals surface area contributed by atoms with Crippen LogP contribution in [0.5, 0.6) is 0 Å². The lowest BCUT2D eigenvalue weighted by atomic mass is 10.1. The fourth-order valence-electron chi connectivity index (χ4n) is 1.78. The molecule has 0 unspecified atom stereocenters. The molecule has 0 bridgehead atoms. The van der Waals surface area contributed by atoms with E-state index in [4.69, 9.17) is 5.11 Å². The van der Waals surface area contributed by atoms with Gasteiger partial charge in [-0.05, 0) is 39.8 Å². The Balaban J connectivity index is 2.77. The van der Waals surface area contributed by atoms with Gasteiger partial charge in [-0.1, -0.05) is 17.7 Å². The zero-order chi connectivity index (χ0) is 15.3. The van der Waals surface area contributed by atoms with Crippen LogP contribution in [0.3, 0.4) is 0 Å². The molecular weight excluding hydrogens is 256 g/mol. The van der Waals surface area contributed by atoms with Crippen LogP contribution in [0.1, 0.15) is 32.8 Å². The van der Waals surface area contributed by atoms with Gasteiger partial charge in [0.1, 0.15) is 0 Å². The highest BCUT2D eigenvalue weighted by Gasteiger charge is 2.26. The summed E-state index contributed by atoms with van der Waals surface area (Å²) < 4.78 is 0. The van der Waals surface area contributed by atoms with E-state index in [1.807, 2.05) is 52.0 Å². The number of carbonyl (C=O) groups excluding carboxylic acids is 1. The third-order valence-corrected chi connectivity index (χ3v) is 2.91. The molecule has 0 spiro atoms. The predicted molar refractivity (Wildman–Crippen MR) is 78.9 cm³/mol. The van der Waals surface area contributed by atoms with Gasteiger partial charge in [-0.2, -0.15) is 0 Å². The first kappa shape index (κ1) is 16.0. The molecule has 110 valence electrons. The maximum Gasteiger partial charge on any atom is 0.322 e. The molecule has 1 aromatic rings. The number of aryl methyl sites for hydroxylation is 1. The molecule has 5 nitrogen and oxygen atoms in total. The van der Waals surface area contributed by atoms with Crippen LogP contribution < -0.4 is 5.32 Å². The first-order valence-corrected chi connectivity index (χ1v) is 6.57. The fourth-order valence-corrected chi connectivity index (χ4v) is 1.78. The first-order chi connectivity index (χ1) is 9.20. The van der Waals surface area contributed by atoms with Crippen LogP contribution in [0.4, 0.5) is 10.5 Å². The average Bonchev–Trinajstić information content (AvgIpc) is 2.30. The number of urea groups is 1. The van der Waals surface area contributed by atoms with E-state index in [1.165, 1.54) is 4.90 Å². The number of carboxylic acids is 1. The molecule has 0 heterocycles. The van der Waals surface area contributed by atoms with E-state index in [2.05, 4.69) is 5.32 Å². The molecule has 0 aliphatic carbocycles. The topological polar surface area (TPSA) is 69.6 Å². The molecule has 5 heteroatoms. The number of aliphatic carboxylic acids is 1. The summed E-state index contributed by atoms with van der Waals surface area (Å²) in [7, 11) is 0. The third kappa shape index (κ3) is 4.91. The van der Waals surface area contributed by atoms with Gasteiger partial charge in [0.25, 0.3) is 0 Å². The second-order valence-electron chi connectivity index (χ2n) is 5.76. The van der Waals surface area contributed by atoms with Crippen molar-refractivity contribution in [3.8, 4) is 0 Å². The third-order valence-electron chi connectivity index (χ3n) is 2.91. The van der Waals surface area contributed by atoms with E-state index in [0.29, 0.717) is 5.69 Å². The zero-order valence-corrected chi connectivity index (χ0v) is 12.4. The lowest BCUT2D eigenvalue weighted by molar-refractivity contribution is -0.137. The van der Waals surface area contributed by atoms with Crippen molar-refractivity contribution in [3.63, 3.8) is 0 Å². The van der Waals surface area contributed by atoms with E-state index in [9.17, 15) is 9.59 Å². The van der Waals surface area contributed by atoms with Crippen molar-refractivity contribution in [2.75, 3.05) is 11.9 Å². The normalized spacial score (nSPS) is 11.0. The minimum absolute atomic E-state index is 0.0708. The second kappa shape index (κ2) is 6.41. The van der Waals surface area contributed by atoms with Gasteiger partial charge < -0.3 is 15.3 Å². The maximum absolute atomic E-state index is 12.3. The lowest BCUT2D eigenvalue weighted by Crippen LogP contribution is -2.48. The van der Waals surface area contributed by atoms with Crippen LogP contribution in [-0.2, 0) is 4.79 Å². The van der Waals surface area contributed by atoms with Crippen LogP contribution in [0.25, 0.3) is 0 Å². The molecule has 2 amide bonds. The van der Waals surface area contributed by atoms with Gasteiger partial charge in [0.2, 0.25) is 0 Å². The van der Waals surface area contributed by atoms with Crippen LogP contribution >= 0.6 is 0 Å². The van der Waals surface area contributed by atoms with Gasteiger partial charge in [0.05, 0.1) is 6.42 Å². The summed E-state index contributed by atoms with van der Waals surface area (Å²) in [5.74, 6) is -0.914. The largest absolute Gasteiger partial charge is 0.481 e. The number of benzene rings is 1. The highest BCUT2D eigenvalue weighted by atomic mass is 16.4. The number of anilines is 1. The van der Waals surface area contributed by atoms with Gasteiger partial charge in [-0.3, -0.25) is 4.79 Å². The molecular formula is C15H22N2O3. The van der Waals surface area contributed by atoms with Gasteiger partial charge in [-0.25, -0.2) is 4.79 Å². The van der Waals surface area contributed by atoms with Crippen molar-refractivity contribution in [2.45, 2.75) is 39.7 Å². The summed E-state index contributed by atoms with van der Waals surface area (Å²) >= 11 is 0. The summed E-state index contributed by atoms with van der Waals surface area (Å²) in [6.45, 7) is 7.78. The number of nitrogens with zero attached hydrogens (tertiary/aromatic N) is 1. The quantitative estimate of drug-likeness (QED) is 0.889. The highest BCUT2D eigenvalue weighted by Crippen LogP contribution is 2.17. The fraction of sp³-hybridized carbons (Fsp3) is 0.467. The molecule has 0 aliphatic rings. The van der Waals surface area contributed by atoms with E-state index in [0.717, 1.165) is 5.56 Å². The van der Waals surface area contributed by atoms with Crippen LogP contribution in [-0.4, -0.2) is 34.1 Å². The Bertz CT molecular complexity index is 475. The van der Waals surface area contributed by atoms with E-state index >= 15 is 0 Å². The lowest BCUT2D eigenvalue weighted by Gasteiger charge is -2.35. The Morgan fingerprint density at radius 2 is 1.75 bits per heavy atom. The van der Waals surface area contributed by atoms with Crippen LogP contribution in [0.15, 0.2) is 24.3 Å². The highest BCUT2D eigenvalue weighted by molar-refractivity contribution is 5.90. The molecule has 2 N–H and O–H groups in total. The molecule has 0 saturated carbocycles. The van der Waals surface area contributed by atoms with E-state index in [-0.39, 0.29) is 19.0 Å². The maximum atomic E-state index is 12.3. The summed E-state index contributed by atoms with van der Waals surface area (Å²) in [6.07, 6.45) is -0.0708. The number of nitrogens with one attached hydrogen (secondary N) is 1. The van der Waals surface area contributed by atoms with Crippen molar-refractivity contribution in [1.29, 1.82) is 0 Å². The number of rotatable bonds is 4. The van der Waals surface area contributed by atoms with Gasteiger partial charge in [0.15, 0.2) is 0 Å². The average molecular weight is 278 g/mol. The summed E-state index contributed by atoms with van der Waals surface area (Å²) in [5.41, 5.74) is 1.37. The van der Waals surface area contributed by atoms with Crippen molar-refractivity contribution >= 4 is 17.7 Å². The van der Waals surface area contributed by atoms with Gasteiger partial charge in [-0.15, -0.1) is 0 Å². The van der Waals surface area contributed by atoms with Crippen molar-refractivity contribution in [3.05, 3.63) is 29.8 Å². The Labute approximate surface area is 119 Å². The predicted octanol–water partition coefficient (Wildman–Crippen LogP) is 3.10.